The van der Waals surface area contributed by atoms with E-state index in [9.17, 15) is 13.2 Å². The highest BCUT2D eigenvalue weighted by Crippen LogP contribution is 2.35. The van der Waals surface area contributed by atoms with Gasteiger partial charge in [-0.3, -0.25) is 4.79 Å². The number of hydrogen-bond donors (Lipinski definition) is 0. The smallest absolute Gasteiger partial charge is 0.223 e. The van der Waals surface area contributed by atoms with E-state index < -0.39 is 15.9 Å². The minimum atomic E-state index is -3.66. The largest absolute Gasteiger partial charge is 0.333 e. The number of amides is 1. The van der Waals surface area contributed by atoms with Gasteiger partial charge in [0.1, 0.15) is 0 Å². The molecule has 1 atom stereocenters. The number of carbonyl (C=O) groups is 1. The number of aryl methyl sites for hydroxylation is 1. The maximum Gasteiger partial charge on any atom is 0.223 e. The van der Waals surface area contributed by atoms with Crippen molar-refractivity contribution in [1.82, 2.24) is 4.90 Å². The van der Waals surface area contributed by atoms with Gasteiger partial charge < -0.3 is 4.90 Å². The fourth-order valence-corrected chi connectivity index (χ4v) is 5.13. The predicted octanol–water partition coefficient (Wildman–Crippen LogP) is 4.10. The summed E-state index contributed by atoms with van der Waals surface area (Å²) < 4.78 is 26.8. The lowest BCUT2D eigenvalue weighted by Gasteiger charge is -2.31. The third kappa shape index (κ3) is 4.32. The van der Waals surface area contributed by atoms with Crippen molar-refractivity contribution in [2.75, 3.05) is 0 Å². The summed E-state index contributed by atoms with van der Waals surface area (Å²) in [5, 5.41) is 0. The fraction of sp³-hybridized carbons (Fsp3) is 0.550. The summed E-state index contributed by atoms with van der Waals surface area (Å²) in [6.07, 6.45) is 2.76. The van der Waals surface area contributed by atoms with Crippen LogP contribution in [-0.4, -0.2) is 31.3 Å². The molecule has 25 heavy (non-hydrogen) atoms. The maximum atomic E-state index is 13.4. The molecule has 2 rings (SSSR count). The van der Waals surface area contributed by atoms with Crippen LogP contribution in [0.25, 0.3) is 0 Å². The van der Waals surface area contributed by atoms with E-state index in [0.717, 1.165) is 5.56 Å². The lowest BCUT2D eigenvalue weighted by atomic mass is 9.95. The first-order valence-electron chi connectivity index (χ1n) is 8.79. The molecule has 1 aromatic rings. The monoisotopic (exact) mass is 363 g/mol. The lowest BCUT2D eigenvalue weighted by Crippen LogP contribution is -2.41. The molecule has 0 spiro atoms. The standard InChI is InChI=1S/C20H29NO3S/c1-14(2)21-17(11-12-19(21)22)18(13-20(4,5)6)25(23,24)16-9-7-15(3)8-10-16/h7-10,13-14,17H,11-12H2,1-6H3/b18-13+. The SMILES string of the molecule is Cc1ccc(S(=O)(=O)/C(=C/C(C)(C)C)C2CCC(=O)N2C(C)C)cc1. The molecule has 1 fully saturated rings. The highest BCUT2D eigenvalue weighted by atomic mass is 32.2. The zero-order chi connectivity index (χ0) is 19.0. The third-order valence-electron chi connectivity index (χ3n) is 4.36. The van der Waals surface area contributed by atoms with Gasteiger partial charge in [0.15, 0.2) is 0 Å². The highest BCUT2D eigenvalue weighted by molar-refractivity contribution is 7.95. The van der Waals surface area contributed by atoms with Gasteiger partial charge in [-0.15, -0.1) is 0 Å². The van der Waals surface area contributed by atoms with Gasteiger partial charge in [-0.25, -0.2) is 8.42 Å². The van der Waals surface area contributed by atoms with Crippen LogP contribution < -0.4 is 0 Å². The molecule has 0 aromatic heterocycles. The summed E-state index contributed by atoms with van der Waals surface area (Å²) in [4.78, 5) is 14.7. The van der Waals surface area contributed by atoms with Crippen LogP contribution in [0.3, 0.4) is 0 Å². The second-order valence-corrected chi connectivity index (χ2v) is 10.1. The molecule has 1 aromatic carbocycles. The van der Waals surface area contributed by atoms with Crippen LogP contribution in [0.5, 0.6) is 0 Å². The first-order chi connectivity index (χ1) is 11.4. The maximum absolute atomic E-state index is 13.4. The van der Waals surface area contributed by atoms with E-state index in [2.05, 4.69) is 0 Å². The number of hydrogen-bond acceptors (Lipinski definition) is 3. The van der Waals surface area contributed by atoms with Gasteiger partial charge in [-0.05, 0) is 44.7 Å². The second-order valence-electron chi connectivity index (χ2n) is 8.18. The molecule has 1 aliphatic rings. The van der Waals surface area contributed by atoms with E-state index in [4.69, 9.17) is 0 Å². The molecule has 0 saturated carbocycles. The number of likely N-dealkylation sites (tertiary alicyclic amines) is 1. The van der Waals surface area contributed by atoms with Crippen molar-refractivity contribution in [2.45, 2.75) is 71.4 Å². The van der Waals surface area contributed by atoms with Crippen molar-refractivity contribution in [3.8, 4) is 0 Å². The number of nitrogens with zero attached hydrogens (tertiary/aromatic N) is 1. The zero-order valence-corrected chi connectivity index (χ0v) is 16.9. The molecule has 0 bridgehead atoms. The molecule has 138 valence electrons. The van der Waals surface area contributed by atoms with Gasteiger partial charge in [0.05, 0.1) is 15.8 Å². The zero-order valence-electron chi connectivity index (χ0n) is 16.0. The summed E-state index contributed by atoms with van der Waals surface area (Å²) in [6.45, 7) is 11.7. The van der Waals surface area contributed by atoms with E-state index >= 15 is 0 Å². The molecule has 1 heterocycles. The third-order valence-corrected chi connectivity index (χ3v) is 6.26. The Labute approximate surface area is 151 Å². The Morgan fingerprint density at radius 1 is 1.20 bits per heavy atom. The number of sulfone groups is 1. The van der Waals surface area contributed by atoms with Crippen molar-refractivity contribution < 1.29 is 13.2 Å². The quantitative estimate of drug-likeness (QED) is 0.809. The van der Waals surface area contributed by atoms with Gasteiger partial charge in [-0.2, -0.15) is 0 Å². The van der Waals surface area contributed by atoms with Crippen molar-refractivity contribution in [3.05, 3.63) is 40.8 Å². The van der Waals surface area contributed by atoms with E-state index in [0.29, 0.717) is 17.7 Å². The van der Waals surface area contributed by atoms with Gasteiger partial charge in [-0.1, -0.05) is 44.5 Å². The van der Waals surface area contributed by atoms with Crippen molar-refractivity contribution >= 4 is 15.7 Å². The first kappa shape index (κ1) is 19.7. The van der Waals surface area contributed by atoms with Gasteiger partial charge >= 0.3 is 0 Å². The molecule has 1 saturated heterocycles. The number of rotatable bonds is 4. The van der Waals surface area contributed by atoms with Crippen LogP contribution in [0.1, 0.15) is 53.0 Å². The average molecular weight is 364 g/mol. The van der Waals surface area contributed by atoms with Crippen LogP contribution >= 0.6 is 0 Å². The van der Waals surface area contributed by atoms with Crippen LogP contribution in [0, 0.1) is 12.3 Å². The first-order valence-corrected chi connectivity index (χ1v) is 10.3. The summed E-state index contributed by atoms with van der Waals surface area (Å²) in [7, 11) is -3.66. The Bertz CT molecular complexity index is 768. The molecular formula is C20H29NO3S. The van der Waals surface area contributed by atoms with Gasteiger partial charge in [0.25, 0.3) is 0 Å². The minimum Gasteiger partial charge on any atom is -0.333 e. The fourth-order valence-electron chi connectivity index (χ4n) is 3.26. The predicted molar refractivity (Wildman–Crippen MR) is 101 cm³/mol. The molecule has 5 heteroatoms. The molecule has 0 aliphatic carbocycles. The van der Waals surface area contributed by atoms with E-state index in [1.54, 1.807) is 17.0 Å². The Morgan fingerprint density at radius 3 is 2.24 bits per heavy atom. The molecule has 4 nitrogen and oxygen atoms in total. The molecule has 0 N–H and O–H groups in total. The highest BCUT2D eigenvalue weighted by Gasteiger charge is 2.40. The minimum absolute atomic E-state index is 0.0268. The van der Waals surface area contributed by atoms with Crippen LogP contribution in [0.2, 0.25) is 0 Å². The Balaban J connectivity index is 2.60. The van der Waals surface area contributed by atoms with Crippen molar-refractivity contribution in [1.29, 1.82) is 0 Å². The summed E-state index contributed by atoms with van der Waals surface area (Å²) in [5.74, 6) is 0.0268. The Hall–Kier alpha value is -1.62. The van der Waals surface area contributed by atoms with Gasteiger partial charge in [0.2, 0.25) is 15.7 Å². The van der Waals surface area contributed by atoms with E-state index in [1.807, 2.05) is 59.8 Å². The molecule has 1 aliphatic heterocycles. The number of allylic oxidation sites excluding steroid dienone is 1. The molecule has 0 radical (unpaired) electrons. The number of benzene rings is 1. The summed E-state index contributed by atoms with van der Waals surface area (Å²) in [5.41, 5.74) is 0.710. The summed E-state index contributed by atoms with van der Waals surface area (Å²) in [6, 6.07) is 6.49. The van der Waals surface area contributed by atoms with E-state index in [-0.39, 0.29) is 22.3 Å². The Kier molecular flexibility index (Phi) is 5.47. The normalized spacial score (nSPS) is 19.8. The average Bonchev–Trinajstić information content (AvgIpc) is 2.86. The number of carbonyl (C=O) groups excluding carboxylic acids is 1. The van der Waals surface area contributed by atoms with E-state index in [1.165, 1.54) is 0 Å². The molecule has 1 amide bonds. The summed E-state index contributed by atoms with van der Waals surface area (Å²) >= 11 is 0. The van der Waals surface area contributed by atoms with Crippen molar-refractivity contribution in [3.63, 3.8) is 0 Å². The molecular weight excluding hydrogens is 334 g/mol. The lowest BCUT2D eigenvalue weighted by molar-refractivity contribution is -0.130. The topological polar surface area (TPSA) is 54.5 Å². The van der Waals surface area contributed by atoms with Crippen LogP contribution in [0.4, 0.5) is 0 Å². The Morgan fingerprint density at radius 2 is 1.76 bits per heavy atom. The van der Waals surface area contributed by atoms with Crippen LogP contribution in [-0.2, 0) is 14.6 Å². The van der Waals surface area contributed by atoms with Crippen molar-refractivity contribution in [2.24, 2.45) is 5.41 Å². The molecule has 1 unspecified atom stereocenters. The van der Waals surface area contributed by atoms with Crippen LogP contribution in [0.15, 0.2) is 40.1 Å². The second kappa shape index (κ2) is 6.94. The van der Waals surface area contributed by atoms with Gasteiger partial charge in [0, 0.05) is 12.5 Å².